The lowest BCUT2D eigenvalue weighted by Gasteiger charge is -2.12. The number of halogens is 3. The smallest absolute Gasteiger partial charge is 0.389 e. The first-order valence-electron chi connectivity index (χ1n) is 13.1. The number of aliphatic hydroxyl groups is 1. The van der Waals surface area contributed by atoms with Gasteiger partial charge in [0.1, 0.15) is 0 Å². The van der Waals surface area contributed by atoms with E-state index in [9.17, 15) is 23.1 Å². The van der Waals surface area contributed by atoms with Gasteiger partial charge >= 0.3 is 12.1 Å². The minimum atomic E-state index is -4.00. The molecule has 0 spiro atoms. The normalized spacial score (nSPS) is 12.5. The van der Waals surface area contributed by atoms with Gasteiger partial charge in [0.2, 0.25) is 0 Å². The second-order valence-corrected chi connectivity index (χ2v) is 9.04. The highest BCUT2D eigenvalue weighted by Gasteiger charge is 2.25. The summed E-state index contributed by atoms with van der Waals surface area (Å²) in [7, 11) is 0. The number of rotatable bonds is 20. The van der Waals surface area contributed by atoms with E-state index >= 15 is 0 Å². The molecule has 196 valence electrons. The Hall–Kier alpha value is -1.76. The molecule has 0 aliphatic carbocycles. The molecule has 7 heteroatoms. The number of hydrogen-bond donors (Lipinski definition) is 2. The van der Waals surface area contributed by atoms with Crippen molar-refractivity contribution in [2.75, 3.05) is 18.5 Å². The Kier molecular flexibility index (Phi) is 16.5. The largest absolute Gasteiger partial charge is 0.466 e. The van der Waals surface area contributed by atoms with Gasteiger partial charge in [0.15, 0.2) is 0 Å². The third-order valence-electron chi connectivity index (χ3n) is 5.93. The van der Waals surface area contributed by atoms with Crippen LogP contribution < -0.4 is 5.32 Å². The molecule has 1 aromatic carbocycles. The third-order valence-corrected chi connectivity index (χ3v) is 5.93. The van der Waals surface area contributed by atoms with E-state index in [0.717, 1.165) is 37.9 Å². The minimum absolute atomic E-state index is 0.0328. The van der Waals surface area contributed by atoms with Crippen LogP contribution in [0.3, 0.4) is 0 Å². The van der Waals surface area contributed by atoms with Crippen molar-refractivity contribution in [2.45, 2.75) is 116 Å². The topological polar surface area (TPSA) is 58.6 Å². The molecule has 0 aromatic heterocycles. The van der Waals surface area contributed by atoms with E-state index < -0.39 is 24.7 Å². The van der Waals surface area contributed by atoms with Crippen molar-refractivity contribution in [3.05, 3.63) is 29.8 Å². The molecule has 2 N–H and O–H groups in total. The summed E-state index contributed by atoms with van der Waals surface area (Å²) in [6, 6.07) is 7.51. The van der Waals surface area contributed by atoms with Crippen molar-refractivity contribution in [3.8, 4) is 0 Å². The zero-order valence-electron chi connectivity index (χ0n) is 20.8. The van der Waals surface area contributed by atoms with Gasteiger partial charge in [-0.15, -0.1) is 0 Å². The Morgan fingerprint density at radius 3 is 1.79 bits per heavy atom. The Morgan fingerprint density at radius 1 is 0.853 bits per heavy atom. The molecule has 0 radical (unpaired) electrons. The van der Waals surface area contributed by atoms with Gasteiger partial charge in [-0.3, -0.25) is 4.79 Å². The number of aliphatic hydroxyl groups excluding tert-OH is 1. The number of benzene rings is 1. The molecular weight excluding hydrogens is 443 g/mol. The fraction of sp³-hybridized carbons (Fsp3) is 0.741. The number of ether oxygens (including phenoxy) is 1. The Bertz CT molecular complexity index is 635. The summed E-state index contributed by atoms with van der Waals surface area (Å²) in [6.07, 6.45) is 8.31. The van der Waals surface area contributed by atoms with Gasteiger partial charge in [0, 0.05) is 18.7 Å². The number of esters is 1. The van der Waals surface area contributed by atoms with E-state index in [2.05, 4.69) is 5.32 Å². The SMILES string of the molecule is CCOC(=O)CC(O)c1ccc(NCCCCCCCCCCCCCCCC(F)(F)F)cc1. The molecule has 34 heavy (non-hydrogen) atoms. The fourth-order valence-electron chi connectivity index (χ4n) is 3.95. The van der Waals surface area contributed by atoms with E-state index in [4.69, 9.17) is 4.74 Å². The Morgan fingerprint density at radius 2 is 1.32 bits per heavy atom. The van der Waals surface area contributed by atoms with E-state index in [1.165, 1.54) is 44.9 Å². The monoisotopic (exact) mass is 487 g/mol. The number of unbranched alkanes of at least 4 members (excludes halogenated alkanes) is 12. The van der Waals surface area contributed by atoms with Crippen LogP contribution in [0.1, 0.15) is 115 Å². The second kappa shape index (κ2) is 18.6. The van der Waals surface area contributed by atoms with Crippen LogP contribution in [-0.2, 0) is 9.53 Å². The van der Waals surface area contributed by atoms with Crippen LogP contribution in [0.25, 0.3) is 0 Å². The molecule has 1 aromatic rings. The number of alkyl halides is 3. The molecular formula is C27H44F3NO3. The summed E-state index contributed by atoms with van der Waals surface area (Å²) in [5.74, 6) is -0.395. The van der Waals surface area contributed by atoms with Crippen molar-refractivity contribution < 1.29 is 27.8 Å². The van der Waals surface area contributed by atoms with Gasteiger partial charge in [-0.2, -0.15) is 13.2 Å². The summed E-state index contributed by atoms with van der Waals surface area (Å²) in [4.78, 5) is 11.5. The molecule has 0 heterocycles. The van der Waals surface area contributed by atoms with Crippen molar-refractivity contribution in [3.63, 3.8) is 0 Å². The molecule has 4 nitrogen and oxygen atoms in total. The summed E-state index contributed by atoms with van der Waals surface area (Å²) >= 11 is 0. The fourth-order valence-corrected chi connectivity index (χ4v) is 3.95. The van der Waals surface area contributed by atoms with Crippen molar-refractivity contribution in [1.82, 2.24) is 0 Å². The predicted molar refractivity (Wildman–Crippen MR) is 132 cm³/mol. The lowest BCUT2D eigenvalue weighted by molar-refractivity contribution is -0.145. The van der Waals surface area contributed by atoms with Crippen LogP contribution >= 0.6 is 0 Å². The number of carbonyl (C=O) groups is 1. The maximum atomic E-state index is 12.1. The zero-order valence-corrected chi connectivity index (χ0v) is 20.8. The van der Waals surface area contributed by atoms with Gasteiger partial charge in [-0.1, -0.05) is 82.8 Å². The second-order valence-electron chi connectivity index (χ2n) is 9.04. The van der Waals surface area contributed by atoms with Crippen LogP contribution in [-0.4, -0.2) is 30.4 Å². The number of nitrogens with one attached hydrogen (secondary N) is 1. The van der Waals surface area contributed by atoms with E-state index in [1.807, 2.05) is 24.3 Å². The summed E-state index contributed by atoms with van der Waals surface area (Å²) < 4.78 is 41.0. The van der Waals surface area contributed by atoms with Gasteiger partial charge in [0.25, 0.3) is 0 Å². The summed E-state index contributed by atoms with van der Waals surface area (Å²) in [6.45, 7) is 2.97. The zero-order chi connectivity index (χ0) is 25.1. The predicted octanol–water partition coefficient (Wildman–Crippen LogP) is 8.11. The van der Waals surface area contributed by atoms with Gasteiger partial charge in [0.05, 0.1) is 19.1 Å². The Labute approximate surface area is 203 Å². The van der Waals surface area contributed by atoms with E-state index in [0.29, 0.717) is 18.6 Å². The van der Waals surface area contributed by atoms with Crippen LogP contribution in [0.5, 0.6) is 0 Å². The summed E-state index contributed by atoms with van der Waals surface area (Å²) in [5, 5.41) is 13.5. The molecule has 1 rings (SSSR count). The van der Waals surface area contributed by atoms with Crippen molar-refractivity contribution in [2.24, 2.45) is 0 Å². The Balaban J connectivity index is 1.92. The number of carbonyl (C=O) groups excluding carboxylic acids is 1. The highest BCUT2D eigenvalue weighted by Crippen LogP contribution is 2.23. The molecule has 0 bridgehead atoms. The maximum absolute atomic E-state index is 12.1. The number of anilines is 1. The lowest BCUT2D eigenvalue weighted by Crippen LogP contribution is -2.10. The highest BCUT2D eigenvalue weighted by molar-refractivity contribution is 5.70. The van der Waals surface area contributed by atoms with E-state index in [1.54, 1.807) is 6.92 Å². The number of hydrogen-bond acceptors (Lipinski definition) is 4. The van der Waals surface area contributed by atoms with Gasteiger partial charge in [-0.05, 0) is 37.5 Å². The first-order chi connectivity index (χ1) is 16.3. The van der Waals surface area contributed by atoms with Crippen LogP contribution in [0, 0.1) is 0 Å². The standard InChI is InChI=1S/C27H44F3NO3/c1-2-34-26(33)22-25(32)23-16-18-24(19-17-23)31-21-15-13-11-9-7-5-3-4-6-8-10-12-14-20-27(28,29)30/h16-19,25,31-32H,2-15,20-22H2,1H3. The van der Waals surface area contributed by atoms with Crippen LogP contribution in [0.15, 0.2) is 24.3 Å². The van der Waals surface area contributed by atoms with Crippen LogP contribution in [0.2, 0.25) is 0 Å². The minimum Gasteiger partial charge on any atom is -0.466 e. The van der Waals surface area contributed by atoms with Gasteiger partial charge in [-0.25, -0.2) is 0 Å². The molecule has 0 aliphatic rings. The highest BCUT2D eigenvalue weighted by atomic mass is 19.4. The molecule has 0 aliphatic heterocycles. The third kappa shape index (κ3) is 16.8. The molecule has 0 saturated heterocycles. The van der Waals surface area contributed by atoms with Gasteiger partial charge < -0.3 is 15.2 Å². The van der Waals surface area contributed by atoms with Crippen molar-refractivity contribution >= 4 is 11.7 Å². The van der Waals surface area contributed by atoms with E-state index in [-0.39, 0.29) is 12.8 Å². The maximum Gasteiger partial charge on any atom is 0.389 e. The van der Waals surface area contributed by atoms with Crippen molar-refractivity contribution in [1.29, 1.82) is 0 Å². The molecule has 1 atom stereocenters. The average Bonchev–Trinajstić information content (AvgIpc) is 2.78. The van der Waals surface area contributed by atoms with Crippen LogP contribution in [0.4, 0.5) is 18.9 Å². The molecule has 0 saturated carbocycles. The molecule has 0 amide bonds. The first kappa shape index (κ1) is 30.3. The molecule has 1 unspecified atom stereocenters. The lowest BCUT2D eigenvalue weighted by atomic mass is 10.0. The summed E-state index contributed by atoms with van der Waals surface area (Å²) in [5.41, 5.74) is 1.71. The quantitative estimate of drug-likeness (QED) is 0.144. The molecule has 0 fully saturated rings. The average molecular weight is 488 g/mol. The first-order valence-corrected chi connectivity index (χ1v) is 13.1.